The van der Waals surface area contributed by atoms with Crippen molar-refractivity contribution in [1.29, 1.82) is 0 Å². The van der Waals surface area contributed by atoms with Gasteiger partial charge in [0.05, 0.1) is 15.2 Å². The fourth-order valence-electron chi connectivity index (χ4n) is 3.26. The number of fused-ring (bicyclic) bond motifs is 2. The number of benzene rings is 2. The van der Waals surface area contributed by atoms with E-state index in [-0.39, 0.29) is 5.97 Å². The normalized spacial score (nSPS) is 16.0. The van der Waals surface area contributed by atoms with Gasteiger partial charge in [-0.05, 0) is 34.0 Å². The van der Waals surface area contributed by atoms with Gasteiger partial charge in [-0.1, -0.05) is 43.9 Å². The molecule has 0 aromatic heterocycles. The number of hydrogen-bond donors (Lipinski definition) is 0. The first-order valence-corrected chi connectivity index (χ1v) is 10.0. The maximum atomic E-state index is 12.4. The summed E-state index contributed by atoms with van der Waals surface area (Å²) in [6.07, 6.45) is 0. The summed E-state index contributed by atoms with van der Waals surface area (Å²) in [5.74, 6) is -0.0861. The SMILES string of the molecule is COC(=O)C1([Si](C)(C)C)c2cc3ccccc3cc21. The van der Waals surface area contributed by atoms with Crippen molar-refractivity contribution < 1.29 is 9.53 Å². The molecule has 0 saturated heterocycles. The van der Waals surface area contributed by atoms with Crippen LogP contribution < -0.4 is 0 Å². The fourth-order valence-corrected chi connectivity index (χ4v) is 5.95. The zero-order valence-corrected chi connectivity index (χ0v) is 12.8. The molecule has 2 nitrogen and oxygen atoms in total. The standard InChI is InChI=1S/C16H18O2Si/c1-18-15(17)16(19(2,3)4)13-9-11-7-5-6-8-12(11)10-14(13)16/h5-10H,1-4H3. The molecule has 0 aliphatic heterocycles. The Labute approximate surface area is 114 Å². The maximum Gasteiger partial charge on any atom is 0.317 e. The Bertz CT molecular complexity index is 640. The molecule has 0 unspecified atom stereocenters. The summed E-state index contributed by atoms with van der Waals surface area (Å²) in [5, 5.41) is 1.97. The second-order valence-corrected chi connectivity index (χ2v) is 11.5. The van der Waals surface area contributed by atoms with Gasteiger partial charge in [-0.3, -0.25) is 4.79 Å². The minimum Gasteiger partial charge on any atom is -0.468 e. The number of rotatable bonds is 2. The molecule has 0 N–H and O–H groups in total. The molecule has 0 bridgehead atoms. The molecular formula is C16H18O2Si. The van der Waals surface area contributed by atoms with Gasteiger partial charge < -0.3 is 4.74 Å². The highest BCUT2D eigenvalue weighted by Crippen LogP contribution is 2.57. The third-order valence-electron chi connectivity index (χ3n) is 4.25. The lowest BCUT2D eigenvalue weighted by Gasteiger charge is -2.27. The van der Waals surface area contributed by atoms with Crippen LogP contribution in [0.2, 0.25) is 19.6 Å². The first-order valence-electron chi connectivity index (χ1n) is 6.55. The third kappa shape index (κ3) is 1.45. The van der Waals surface area contributed by atoms with E-state index < -0.39 is 13.1 Å². The molecule has 0 atom stereocenters. The van der Waals surface area contributed by atoms with Crippen LogP contribution in [0.4, 0.5) is 0 Å². The Morgan fingerprint density at radius 1 is 1.05 bits per heavy atom. The molecule has 0 spiro atoms. The number of methoxy groups -OCH3 is 1. The average molecular weight is 270 g/mol. The van der Waals surface area contributed by atoms with Crippen molar-refractivity contribution in [3.05, 3.63) is 47.5 Å². The van der Waals surface area contributed by atoms with Crippen LogP contribution in [0, 0.1) is 0 Å². The number of ether oxygens (including phenoxy) is 1. The molecule has 1 aliphatic carbocycles. The summed E-state index contributed by atoms with van der Waals surface area (Å²) >= 11 is 0. The summed E-state index contributed by atoms with van der Waals surface area (Å²) in [6.45, 7) is 6.69. The van der Waals surface area contributed by atoms with Gasteiger partial charge in [0.2, 0.25) is 0 Å². The highest BCUT2D eigenvalue weighted by molar-refractivity contribution is 6.84. The summed E-state index contributed by atoms with van der Waals surface area (Å²) < 4.78 is 5.11. The van der Waals surface area contributed by atoms with Gasteiger partial charge in [-0.25, -0.2) is 0 Å². The quantitative estimate of drug-likeness (QED) is 0.617. The largest absolute Gasteiger partial charge is 0.468 e. The second-order valence-electron chi connectivity index (χ2n) is 6.24. The van der Waals surface area contributed by atoms with Crippen molar-refractivity contribution in [2.45, 2.75) is 24.7 Å². The van der Waals surface area contributed by atoms with Gasteiger partial charge in [-0.15, -0.1) is 0 Å². The molecule has 2 aromatic carbocycles. The van der Waals surface area contributed by atoms with Crippen LogP contribution in [0.25, 0.3) is 10.8 Å². The van der Waals surface area contributed by atoms with E-state index in [4.69, 9.17) is 4.74 Å². The van der Waals surface area contributed by atoms with Gasteiger partial charge in [0, 0.05) is 0 Å². The molecule has 0 saturated carbocycles. The third-order valence-corrected chi connectivity index (χ3v) is 7.24. The first kappa shape index (κ1) is 12.4. The predicted molar refractivity (Wildman–Crippen MR) is 80.1 cm³/mol. The highest BCUT2D eigenvalue weighted by atomic mass is 28.3. The fraction of sp³-hybridized carbons (Fsp3) is 0.312. The molecule has 3 rings (SSSR count). The van der Waals surface area contributed by atoms with Crippen LogP contribution >= 0.6 is 0 Å². The monoisotopic (exact) mass is 270 g/mol. The molecular weight excluding hydrogens is 252 g/mol. The number of carbonyl (C=O) groups is 1. The van der Waals surface area contributed by atoms with E-state index in [0.29, 0.717) is 0 Å². The van der Waals surface area contributed by atoms with E-state index in [1.165, 1.54) is 29.0 Å². The van der Waals surface area contributed by atoms with Gasteiger partial charge in [0.15, 0.2) is 0 Å². The highest BCUT2D eigenvalue weighted by Gasteiger charge is 2.65. The summed E-state index contributed by atoms with van der Waals surface area (Å²) in [4.78, 5) is 12.4. The van der Waals surface area contributed by atoms with E-state index >= 15 is 0 Å². The molecule has 3 heteroatoms. The van der Waals surface area contributed by atoms with Gasteiger partial charge in [-0.2, -0.15) is 0 Å². The van der Waals surface area contributed by atoms with Crippen LogP contribution in [-0.2, 0) is 14.6 Å². The molecule has 98 valence electrons. The maximum absolute atomic E-state index is 12.4. The Morgan fingerprint density at radius 3 is 1.89 bits per heavy atom. The zero-order chi connectivity index (χ0) is 13.8. The lowest BCUT2D eigenvalue weighted by atomic mass is 10.1. The van der Waals surface area contributed by atoms with Gasteiger partial charge in [0.1, 0.15) is 5.04 Å². The lowest BCUT2D eigenvalue weighted by molar-refractivity contribution is -0.141. The van der Waals surface area contributed by atoms with Crippen LogP contribution in [0.5, 0.6) is 0 Å². The van der Waals surface area contributed by atoms with E-state index in [1.807, 2.05) is 12.1 Å². The summed E-state index contributed by atoms with van der Waals surface area (Å²) in [7, 11) is -0.247. The molecule has 0 amide bonds. The molecule has 0 radical (unpaired) electrons. The number of esters is 1. The van der Waals surface area contributed by atoms with Crippen LogP contribution in [0.3, 0.4) is 0 Å². The second kappa shape index (κ2) is 3.70. The van der Waals surface area contributed by atoms with Gasteiger partial charge >= 0.3 is 5.97 Å². The smallest absolute Gasteiger partial charge is 0.317 e. The Hall–Kier alpha value is -1.61. The van der Waals surface area contributed by atoms with Crippen molar-refractivity contribution in [3.8, 4) is 0 Å². The van der Waals surface area contributed by atoms with E-state index in [0.717, 1.165) is 0 Å². The van der Waals surface area contributed by atoms with Crippen LogP contribution in [-0.4, -0.2) is 21.2 Å². The molecule has 2 aromatic rings. The zero-order valence-electron chi connectivity index (χ0n) is 11.8. The Kier molecular flexibility index (Phi) is 2.42. The van der Waals surface area contributed by atoms with E-state index in [9.17, 15) is 4.79 Å². The number of hydrogen-bond acceptors (Lipinski definition) is 2. The molecule has 1 aliphatic rings. The van der Waals surface area contributed by atoms with Crippen molar-refractivity contribution in [1.82, 2.24) is 0 Å². The number of carbonyl (C=O) groups excluding carboxylic acids is 1. The van der Waals surface area contributed by atoms with Crippen molar-refractivity contribution in [2.75, 3.05) is 7.11 Å². The van der Waals surface area contributed by atoms with Gasteiger partial charge in [0.25, 0.3) is 0 Å². The minimum atomic E-state index is -1.74. The molecule has 19 heavy (non-hydrogen) atoms. The van der Waals surface area contributed by atoms with Crippen LogP contribution in [0.15, 0.2) is 36.4 Å². The Morgan fingerprint density at radius 2 is 1.53 bits per heavy atom. The minimum absolute atomic E-state index is 0.0861. The van der Waals surface area contributed by atoms with Crippen molar-refractivity contribution >= 4 is 24.8 Å². The average Bonchev–Trinajstić information content (AvgIpc) is 3.03. The molecule has 0 fully saturated rings. The Balaban J connectivity index is 2.25. The lowest BCUT2D eigenvalue weighted by Crippen LogP contribution is -2.46. The summed E-state index contributed by atoms with van der Waals surface area (Å²) in [5.41, 5.74) is 2.36. The van der Waals surface area contributed by atoms with Crippen molar-refractivity contribution in [2.24, 2.45) is 0 Å². The first-order chi connectivity index (χ1) is 8.92. The topological polar surface area (TPSA) is 26.3 Å². The predicted octanol–water partition coefficient (Wildman–Crippen LogP) is 3.49. The van der Waals surface area contributed by atoms with Crippen molar-refractivity contribution in [3.63, 3.8) is 0 Å². The molecule has 0 heterocycles. The van der Waals surface area contributed by atoms with E-state index in [1.54, 1.807) is 0 Å². The van der Waals surface area contributed by atoms with E-state index in [2.05, 4.69) is 43.9 Å². The summed E-state index contributed by atoms with van der Waals surface area (Å²) in [6, 6.07) is 12.6. The van der Waals surface area contributed by atoms with Crippen LogP contribution in [0.1, 0.15) is 11.1 Å².